The number of ketones is 1. The first-order valence-corrected chi connectivity index (χ1v) is 10.6. The molecule has 6 heteroatoms. The normalized spacial score (nSPS) is 22.4. The van der Waals surface area contributed by atoms with Gasteiger partial charge in [-0.1, -0.05) is 12.1 Å². The average Bonchev–Trinajstić information content (AvgIpc) is 3.48. The molecule has 0 radical (unpaired) electrons. The zero-order valence-corrected chi connectivity index (χ0v) is 16.5. The van der Waals surface area contributed by atoms with Crippen LogP contribution in [0.25, 0.3) is 5.52 Å². The van der Waals surface area contributed by atoms with Crippen molar-refractivity contribution < 1.29 is 18.0 Å². The molecule has 2 aliphatic rings. The number of halogens is 3. The number of imidazole rings is 1. The van der Waals surface area contributed by atoms with Crippen LogP contribution in [-0.4, -0.2) is 15.2 Å². The molecule has 0 amide bonds. The Hall–Kier alpha value is -2.63. The lowest BCUT2D eigenvalue weighted by molar-refractivity contribution is -0.137. The quantitative estimate of drug-likeness (QED) is 0.466. The van der Waals surface area contributed by atoms with Crippen LogP contribution in [0.15, 0.2) is 49.1 Å². The van der Waals surface area contributed by atoms with Gasteiger partial charge in [0.1, 0.15) is 0 Å². The van der Waals surface area contributed by atoms with E-state index in [1.165, 1.54) is 0 Å². The van der Waals surface area contributed by atoms with E-state index in [2.05, 4.69) is 11.1 Å². The smallest absolute Gasteiger partial charge is 0.306 e. The fourth-order valence-electron chi connectivity index (χ4n) is 4.85. The summed E-state index contributed by atoms with van der Waals surface area (Å²) in [4.78, 5) is 17.7. The van der Waals surface area contributed by atoms with Crippen molar-refractivity contribution in [1.29, 1.82) is 0 Å². The van der Waals surface area contributed by atoms with E-state index in [0.717, 1.165) is 72.9 Å². The number of fused-ring (bicyclic) bond motifs is 1. The van der Waals surface area contributed by atoms with Gasteiger partial charge in [-0.15, -0.1) is 0 Å². The fourth-order valence-corrected chi connectivity index (χ4v) is 4.85. The van der Waals surface area contributed by atoms with Crippen molar-refractivity contribution in [3.05, 3.63) is 71.3 Å². The van der Waals surface area contributed by atoms with Crippen LogP contribution in [0, 0.1) is 5.92 Å². The number of hydrogen-bond donors (Lipinski definition) is 0. The van der Waals surface area contributed by atoms with Crippen LogP contribution in [0.1, 0.15) is 77.4 Å². The Kier molecular flexibility index (Phi) is 4.68. The third-order valence-electron chi connectivity index (χ3n) is 6.70. The summed E-state index contributed by atoms with van der Waals surface area (Å²) >= 11 is 0. The highest BCUT2D eigenvalue weighted by atomic mass is 19.4. The van der Waals surface area contributed by atoms with Crippen LogP contribution in [0.3, 0.4) is 0 Å². The lowest BCUT2D eigenvalue weighted by Gasteiger charge is -2.29. The predicted octanol–water partition coefficient (Wildman–Crippen LogP) is 6.39. The summed E-state index contributed by atoms with van der Waals surface area (Å²) in [5, 5.41) is 0. The maximum absolute atomic E-state index is 13.5. The second-order valence-electron chi connectivity index (χ2n) is 8.64. The molecule has 0 aliphatic heterocycles. The molecule has 2 fully saturated rings. The number of alkyl halides is 3. The van der Waals surface area contributed by atoms with E-state index in [0.29, 0.717) is 5.92 Å². The van der Waals surface area contributed by atoms with Gasteiger partial charge < -0.3 is 4.40 Å². The molecule has 0 bridgehead atoms. The highest BCUT2D eigenvalue weighted by molar-refractivity contribution is 6.05. The minimum absolute atomic E-state index is 0.0331. The Bertz CT molecular complexity index is 1070. The monoisotopic (exact) mass is 412 g/mol. The molecule has 3 nitrogen and oxygen atoms in total. The van der Waals surface area contributed by atoms with Crippen LogP contribution in [-0.2, 0) is 6.18 Å². The number of carbonyl (C=O) groups is 1. The van der Waals surface area contributed by atoms with Gasteiger partial charge in [-0.25, -0.2) is 4.98 Å². The fraction of sp³-hybridized carbons (Fsp3) is 0.417. The van der Waals surface area contributed by atoms with Gasteiger partial charge in [-0.2, -0.15) is 13.2 Å². The maximum Gasteiger partial charge on any atom is 0.416 e. The third-order valence-corrected chi connectivity index (χ3v) is 6.70. The first kappa shape index (κ1) is 19.3. The molecular formula is C24H23F3N2O. The lowest BCUT2D eigenvalue weighted by Crippen LogP contribution is -2.23. The number of carbonyl (C=O) groups excluding carboxylic acids is 1. The Morgan fingerprint density at radius 3 is 2.23 bits per heavy atom. The molecule has 2 aromatic heterocycles. The van der Waals surface area contributed by atoms with Crippen molar-refractivity contribution >= 4 is 11.3 Å². The van der Waals surface area contributed by atoms with Crippen LogP contribution in [0.4, 0.5) is 13.2 Å². The van der Waals surface area contributed by atoms with E-state index in [1.807, 2.05) is 10.6 Å². The zero-order valence-electron chi connectivity index (χ0n) is 16.5. The molecule has 2 aliphatic carbocycles. The summed E-state index contributed by atoms with van der Waals surface area (Å²) in [5.74, 6) is 0.862. The van der Waals surface area contributed by atoms with E-state index >= 15 is 0 Å². The number of aromatic nitrogens is 2. The van der Waals surface area contributed by atoms with Gasteiger partial charge in [0.2, 0.25) is 0 Å². The first-order chi connectivity index (χ1) is 14.4. The molecular weight excluding hydrogens is 389 g/mol. The number of rotatable bonds is 4. The summed E-state index contributed by atoms with van der Waals surface area (Å²) in [6.45, 7) is 0. The Labute approximate surface area is 172 Å². The van der Waals surface area contributed by atoms with Gasteiger partial charge in [0.15, 0.2) is 5.78 Å². The van der Waals surface area contributed by atoms with Gasteiger partial charge in [0.25, 0.3) is 0 Å². The molecule has 2 saturated carbocycles. The standard InChI is InChI=1S/C24H23F3N2O/c25-24(26,27)19-9-7-16(8-10-19)15-1-5-18(6-2-15)23(30)22-20(17-3-4-17)11-12-29-14-28-13-21(22)29/h7-15,17-18H,1-6H2. The number of Topliss-reactive ketones (excluding diaryl/α,β-unsaturated/α-hetero) is 1. The minimum atomic E-state index is -4.31. The van der Waals surface area contributed by atoms with Gasteiger partial charge in [-0.3, -0.25) is 4.79 Å². The van der Waals surface area contributed by atoms with Crippen LogP contribution in [0.2, 0.25) is 0 Å². The Morgan fingerprint density at radius 2 is 1.60 bits per heavy atom. The summed E-state index contributed by atoms with van der Waals surface area (Å²) < 4.78 is 40.3. The van der Waals surface area contributed by atoms with Crippen molar-refractivity contribution in [3.63, 3.8) is 0 Å². The van der Waals surface area contributed by atoms with Crippen LogP contribution >= 0.6 is 0 Å². The first-order valence-electron chi connectivity index (χ1n) is 10.6. The van der Waals surface area contributed by atoms with Gasteiger partial charge in [-0.05, 0) is 79.7 Å². The maximum atomic E-state index is 13.5. The molecule has 0 unspecified atom stereocenters. The van der Waals surface area contributed by atoms with Crippen LogP contribution < -0.4 is 0 Å². The van der Waals surface area contributed by atoms with E-state index in [-0.39, 0.29) is 17.6 Å². The van der Waals surface area contributed by atoms with E-state index in [1.54, 1.807) is 24.7 Å². The summed E-state index contributed by atoms with van der Waals surface area (Å²) in [7, 11) is 0. The highest BCUT2D eigenvalue weighted by Crippen LogP contribution is 2.44. The van der Waals surface area contributed by atoms with Gasteiger partial charge in [0.05, 0.1) is 23.6 Å². The van der Waals surface area contributed by atoms with Crippen molar-refractivity contribution in [2.24, 2.45) is 5.92 Å². The molecule has 30 heavy (non-hydrogen) atoms. The largest absolute Gasteiger partial charge is 0.416 e. The molecule has 156 valence electrons. The summed E-state index contributed by atoms with van der Waals surface area (Å²) in [5.41, 5.74) is 3.18. The number of nitrogens with zero attached hydrogens (tertiary/aromatic N) is 2. The van der Waals surface area contributed by atoms with Gasteiger partial charge in [0, 0.05) is 17.7 Å². The number of hydrogen-bond acceptors (Lipinski definition) is 2. The SMILES string of the molecule is O=C(c1c(C2CC2)ccn2cncc12)C1CCC(c2ccc(C(F)(F)F)cc2)CC1. The second kappa shape index (κ2) is 7.25. The highest BCUT2D eigenvalue weighted by Gasteiger charge is 2.35. The zero-order chi connectivity index (χ0) is 20.9. The second-order valence-corrected chi connectivity index (χ2v) is 8.64. The lowest BCUT2D eigenvalue weighted by atomic mass is 9.75. The van der Waals surface area contributed by atoms with Crippen LogP contribution in [0.5, 0.6) is 0 Å². The average molecular weight is 412 g/mol. The van der Waals surface area contributed by atoms with Gasteiger partial charge >= 0.3 is 6.18 Å². The Morgan fingerprint density at radius 1 is 0.933 bits per heavy atom. The molecule has 0 spiro atoms. The van der Waals surface area contributed by atoms with E-state index in [9.17, 15) is 18.0 Å². The van der Waals surface area contributed by atoms with Crippen molar-refractivity contribution in [2.75, 3.05) is 0 Å². The molecule has 1 aromatic carbocycles. The molecule has 0 N–H and O–H groups in total. The van der Waals surface area contributed by atoms with Crippen molar-refractivity contribution in [3.8, 4) is 0 Å². The summed E-state index contributed by atoms with van der Waals surface area (Å²) in [6, 6.07) is 7.57. The molecule has 3 aromatic rings. The molecule has 0 atom stereocenters. The topological polar surface area (TPSA) is 34.4 Å². The van der Waals surface area contributed by atoms with E-state index < -0.39 is 11.7 Å². The third kappa shape index (κ3) is 3.53. The summed E-state index contributed by atoms with van der Waals surface area (Å²) in [6.07, 6.45) is 6.61. The molecule has 5 rings (SSSR count). The van der Waals surface area contributed by atoms with Crippen molar-refractivity contribution in [2.45, 2.75) is 56.5 Å². The molecule has 0 saturated heterocycles. The number of pyridine rings is 1. The minimum Gasteiger partial charge on any atom is -0.306 e. The predicted molar refractivity (Wildman–Crippen MR) is 108 cm³/mol. The van der Waals surface area contributed by atoms with E-state index in [4.69, 9.17) is 0 Å². The Balaban J connectivity index is 1.33. The number of benzene rings is 1. The van der Waals surface area contributed by atoms with Crippen molar-refractivity contribution in [1.82, 2.24) is 9.38 Å². The molecule has 2 heterocycles.